The number of hydrogen-bond acceptors (Lipinski definition) is 5. The van der Waals surface area contributed by atoms with Crippen LogP contribution in [0.1, 0.15) is 39.2 Å². The third-order valence-corrected chi connectivity index (χ3v) is 9.84. The van der Waals surface area contributed by atoms with Gasteiger partial charge in [0.15, 0.2) is 27.7 Å². The van der Waals surface area contributed by atoms with Gasteiger partial charge in [-0.2, -0.15) is 0 Å². The van der Waals surface area contributed by atoms with Gasteiger partial charge in [-0.3, -0.25) is 0 Å². The summed E-state index contributed by atoms with van der Waals surface area (Å²) in [6.45, 7) is 2.27. The van der Waals surface area contributed by atoms with Gasteiger partial charge >= 0.3 is 0 Å². The van der Waals surface area contributed by atoms with E-state index < -0.39 is 38.4 Å². The van der Waals surface area contributed by atoms with Gasteiger partial charge in [0.05, 0.1) is 23.2 Å². The van der Waals surface area contributed by atoms with E-state index in [1.165, 1.54) is 24.3 Å². The highest BCUT2D eigenvalue weighted by atomic mass is 35.5. The molecule has 5 nitrogen and oxygen atoms in total. The number of hydrogen-bond donors (Lipinski definition) is 0. The summed E-state index contributed by atoms with van der Waals surface area (Å²) >= 11 is 5.97. The van der Waals surface area contributed by atoms with E-state index in [2.05, 4.69) is 0 Å². The summed E-state index contributed by atoms with van der Waals surface area (Å²) in [6.07, 6.45) is 0.248. The summed E-state index contributed by atoms with van der Waals surface area (Å²) in [6, 6.07) is 7.73. The van der Waals surface area contributed by atoms with Crippen LogP contribution in [0.15, 0.2) is 41.3 Å². The zero-order valence-corrected chi connectivity index (χ0v) is 19.0. The minimum Gasteiger partial charge on any atom is -0.490 e. The molecule has 0 N–H and O–H groups in total. The van der Waals surface area contributed by atoms with Crippen LogP contribution in [-0.4, -0.2) is 34.0 Å². The molecule has 2 aliphatic heterocycles. The molecule has 0 bridgehead atoms. The Morgan fingerprint density at radius 3 is 2.55 bits per heavy atom. The first-order valence-corrected chi connectivity index (χ1v) is 12.5. The van der Waals surface area contributed by atoms with Crippen LogP contribution in [0.25, 0.3) is 0 Å². The van der Waals surface area contributed by atoms with Crippen molar-refractivity contribution in [3.8, 4) is 5.75 Å². The first-order chi connectivity index (χ1) is 15.3. The summed E-state index contributed by atoms with van der Waals surface area (Å²) in [5.41, 5.74) is -0.220. The van der Waals surface area contributed by atoms with Crippen molar-refractivity contribution >= 4 is 21.4 Å². The van der Waals surface area contributed by atoms with Crippen LogP contribution in [0.3, 0.4) is 0 Å². The second-order valence-electron chi connectivity index (χ2n) is 8.50. The Labute approximate surface area is 197 Å². The van der Waals surface area contributed by atoms with Crippen molar-refractivity contribution in [3.63, 3.8) is 0 Å². The molecule has 1 saturated heterocycles. The monoisotopic (exact) mass is 500 g/mol. The van der Waals surface area contributed by atoms with Crippen molar-refractivity contribution in [3.05, 3.63) is 58.6 Å². The Kier molecular flexibility index (Phi) is 6.50. The van der Waals surface area contributed by atoms with Crippen molar-refractivity contribution in [2.45, 2.75) is 55.6 Å². The minimum atomic E-state index is -4.16. The summed E-state index contributed by atoms with van der Waals surface area (Å²) in [5, 5.41) is 0.384. The molecule has 180 valence electrons. The highest BCUT2D eigenvalue weighted by Crippen LogP contribution is 2.60. The average molecular weight is 501 g/mol. The molecular weight excluding hydrogens is 474 g/mol. The van der Waals surface area contributed by atoms with E-state index >= 15 is 4.39 Å². The van der Waals surface area contributed by atoms with Crippen LogP contribution in [0.4, 0.5) is 8.78 Å². The molecule has 0 radical (unpaired) electrons. The molecule has 1 saturated carbocycles. The fraction of sp³-hybridized carbons (Fsp3) is 0.500. The third-order valence-electron chi connectivity index (χ3n) is 7.03. The molecule has 2 fully saturated rings. The van der Waals surface area contributed by atoms with E-state index in [0.29, 0.717) is 24.5 Å². The lowest BCUT2D eigenvalue weighted by Gasteiger charge is -2.50. The van der Waals surface area contributed by atoms with Gasteiger partial charge in [-0.15, -0.1) is 0 Å². The molecule has 0 spiro atoms. The highest BCUT2D eigenvalue weighted by molar-refractivity contribution is 7.92. The molecule has 5 rings (SSSR count). The van der Waals surface area contributed by atoms with E-state index in [9.17, 15) is 12.8 Å². The van der Waals surface area contributed by atoms with E-state index in [4.69, 9.17) is 25.8 Å². The predicted molar refractivity (Wildman–Crippen MR) is 120 cm³/mol. The van der Waals surface area contributed by atoms with Crippen molar-refractivity contribution in [2.24, 2.45) is 11.8 Å². The van der Waals surface area contributed by atoms with Crippen molar-refractivity contribution in [1.82, 2.24) is 0 Å². The quantitative estimate of drug-likeness (QED) is 0.555. The maximum atomic E-state index is 15.3. The van der Waals surface area contributed by atoms with Crippen LogP contribution in [0.2, 0.25) is 5.02 Å². The normalized spacial score (nSPS) is 30.4. The van der Waals surface area contributed by atoms with E-state index in [1.54, 1.807) is 0 Å². The number of ether oxygens (including phenoxy) is 3. The molecule has 2 aromatic rings. The molecular formula is C24H27ClF2O5S. The second kappa shape index (κ2) is 8.80. The summed E-state index contributed by atoms with van der Waals surface area (Å²) in [7, 11) is -4.16. The summed E-state index contributed by atoms with van der Waals surface area (Å²) in [5.74, 6) is -2.75. The fourth-order valence-electron chi connectivity index (χ4n) is 5.71. The molecule has 2 heterocycles. The Balaban J connectivity index is 0.00000259. The Bertz CT molecular complexity index is 1140. The fourth-order valence-corrected chi connectivity index (χ4v) is 8.24. The molecule has 0 aromatic heterocycles. The van der Waals surface area contributed by atoms with Gasteiger partial charge in [-0.25, -0.2) is 17.2 Å². The number of benzene rings is 2. The first-order valence-electron chi connectivity index (χ1n) is 10.7. The smallest absolute Gasteiger partial charge is 0.188 e. The van der Waals surface area contributed by atoms with E-state index in [-0.39, 0.29) is 48.7 Å². The van der Waals surface area contributed by atoms with E-state index in [0.717, 1.165) is 12.1 Å². The van der Waals surface area contributed by atoms with Gasteiger partial charge in [0, 0.05) is 24.0 Å². The van der Waals surface area contributed by atoms with Gasteiger partial charge in [0.25, 0.3) is 0 Å². The molecule has 1 aliphatic carbocycles. The molecule has 3 aliphatic rings. The van der Waals surface area contributed by atoms with Gasteiger partial charge in [0.1, 0.15) is 10.6 Å². The maximum absolute atomic E-state index is 15.3. The number of fused-ring (bicyclic) bond motifs is 5. The second-order valence-corrected chi connectivity index (χ2v) is 11.1. The van der Waals surface area contributed by atoms with Crippen molar-refractivity contribution in [2.75, 3.05) is 13.2 Å². The van der Waals surface area contributed by atoms with Crippen LogP contribution in [-0.2, 0) is 24.1 Å². The minimum absolute atomic E-state index is 0. The molecule has 2 aromatic carbocycles. The van der Waals surface area contributed by atoms with Gasteiger partial charge in [-0.1, -0.05) is 19.0 Å². The van der Waals surface area contributed by atoms with E-state index in [1.807, 2.05) is 6.92 Å². The lowest BCUT2D eigenvalue weighted by atomic mass is 9.66. The SMILES string of the molecule is C.CCO[C@H]1C[C@@H]2[C@@H](CC[C@@]3(S(=O)(=O)c4ccc(Cl)cc4)c4c(F)ccc(F)c4OC[C@@H]23)O1. The number of rotatable bonds is 4. The van der Waals surface area contributed by atoms with Gasteiger partial charge in [0.2, 0.25) is 0 Å². The summed E-state index contributed by atoms with van der Waals surface area (Å²) < 4.78 is 74.1. The highest BCUT2D eigenvalue weighted by Gasteiger charge is 2.64. The van der Waals surface area contributed by atoms with Crippen LogP contribution in [0, 0.1) is 23.5 Å². The molecule has 0 unspecified atom stereocenters. The molecule has 5 atom stereocenters. The lowest BCUT2D eigenvalue weighted by Crippen LogP contribution is -2.56. The molecule has 33 heavy (non-hydrogen) atoms. The number of sulfone groups is 1. The Hall–Kier alpha value is -1.74. The van der Waals surface area contributed by atoms with Gasteiger partial charge in [-0.05, 0) is 62.1 Å². The number of halogens is 3. The van der Waals surface area contributed by atoms with Crippen molar-refractivity contribution in [1.29, 1.82) is 0 Å². The van der Waals surface area contributed by atoms with Crippen molar-refractivity contribution < 1.29 is 31.4 Å². The standard InChI is InChI=1S/C23H23ClF2O5S.CH4/c1-2-29-20-11-15-16-12-30-22-18(26)8-7-17(25)21(22)23(16,10-9-19(15)31-20)32(27,28)14-5-3-13(24)4-6-14;/h3-8,15-16,19-20H,2,9-12H2,1H3;1H4/t15-,16-,19+,20+,23-;/m0./s1. The summed E-state index contributed by atoms with van der Waals surface area (Å²) in [4.78, 5) is 0.0159. The zero-order valence-electron chi connectivity index (χ0n) is 17.4. The van der Waals surface area contributed by atoms with Crippen LogP contribution < -0.4 is 4.74 Å². The largest absolute Gasteiger partial charge is 0.490 e. The molecule has 0 amide bonds. The van der Waals surface area contributed by atoms with Gasteiger partial charge < -0.3 is 14.2 Å². The third kappa shape index (κ3) is 3.57. The maximum Gasteiger partial charge on any atom is 0.188 e. The molecule has 9 heteroatoms. The topological polar surface area (TPSA) is 61.8 Å². The first kappa shape index (κ1) is 24.4. The Morgan fingerprint density at radius 1 is 1.15 bits per heavy atom. The predicted octanol–water partition coefficient (Wildman–Crippen LogP) is 5.49. The Morgan fingerprint density at radius 2 is 1.85 bits per heavy atom. The van der Waals surface area contributed by atoms with Crippen LogP contribution >= 0.6 is 11.6 Å². The van der Waals surface area contributed by atoms with Crippen LogP contribution in [0.5, 0.6) is 5.75 Å². The zero-order chi connectivity index (χ0) is 22.7. The average Bonchev–Trinajstić information content (AvgIpc) is 3.19. The lowest BCUT2D eigenvalue weighted by molar-refractivity contribution is -0.136.